The van der Waals surface area contributed by atoms with E-state index in [1.54, 1.807) is 12.1 Å². The van der Waals surface area contributed by atoms with Gasteiger partial charge >= 0.3 is 0 Å². The Kier molecular flexibility index (Phi) is 3.40. The standard InChI is InChI=1S/C14H14BF/c1-2-15(12-7-4-3-5-8-12)13-9-6-10-14(16)11-13/h3-11H,2H2,1H3. The zero-order chi connectivity index (χ0) is 11.4. The molecule has 0 saturated heterocycles. The number of rotatable bonds is 3. The van der Waals surface area contributed by atoms with Crippen LogP contribution in [0.5, 0.6) is 0 Å². The van der Waals surface area contributed by atoms with Crippen molar-refractivity contribution in [3.8, 4) is 0 Å². The van der Waals surface area contributed by atoms with E-state index in [2.05, 4.69) is 19.1 Å². The molecule has 2 aromatic carbocycles. The molecule has 0 aliphatic carbocycles. The molecule has 2 heteroatoms. The summed E-state index contributed by atoms with van der Waals surface area (Å²) in [6.45, 7) is 2.42. The molecule has 0 aliphatic rings. The average Bonchev–Trinajstić information content (AvgIpc) is 2.31. The Morgan fingerprint density at radius 1 is 0.938 bits per heavy atom. The largest absolute Gasteiger partial charge is 0.209 e. The summed E-state index contributed by atoms with van der Waals surface area (Å²) in [4.78, 5) is 0. The smallest absolute Gasteiger partial charge is 0.207 e. The van der Waals surface area contributed by atoms with Gasteiger partial charge in [0, 0.05) is 0 Å². The fraction of sp³-hybridized carbons (Fsp3) is 0.143. The van der Waals surface area contributed by atoms with E-state index in [4.69, 9.17) is 0 Å². The Morgan fingerprint density at radius 3 is 2.25 bits per heavy atom. The van der Waals surface area contributed by atoms with Gasteiger partial charge in [0.25, 0.3) is 0 Å². The first kappa shape index (κ1) is 10.9. The molecule has 2 rings (SSSR count). The molecule has 0 spiro atoms. The van der Waals surface area contributed by atoms with Crippen molar-refractivity contribution in [1.29, 1.82) is 0 Å². The maximum atomic E-state index is 13.2. The Balaban J connectivity index is 2.37. The summed E-state index contributed by atoms with van der Waals surface area (Å²) in [5.41, 5.74) is 2.30. The Bertz CT molecular complexity index is 453. The van der Waals surface area contributed by atoms with Crippen LogP contribution in [0.15, 0.2) is 54.6 Å². The molecule has 0 bridgehead atoms. The summed E-state index contributed by atoms with van der Waals surface area (Å²) in [5.74, 6) is -0.160. The predicted molar refractivity (Wildman–Crippen MR) is 68.3 cm³/mol. The molecule has 16 heavy (non-hydrogen) atoms. The van der Waals surface area contributed by atoms with Crippen LogP contribution < -0.4 is 10.9 Å². The van der Waals surface area contributed by atoms with Crippen LogP contribution in [0.1, 0.15) is 6.92 Å². The van der Waals surface area contributed by atoms with Gasteiger partial charge < -0.3 is 0 Å². The minimum absolute atomic E-state index is 0.160. The van der Waals surface area contributed by atoms with E-state index < -0.39 is 0 Å². The van der Waals surface area contributed by atoms with Gasteiger partial charge in [0.05, 0.1) is 0 Å². The molecule has 0 unspecified atom stereocenters. The molecular weight excluding hydrogens is 198 g/mol. The lowest BCUT2D eigenvalue weighted by Crippen LogP contribution is -2.41. The third-order valence-corrected chi connectivity index (χ3v) is 2.86. The minimum Gasteiger partial charge on any atom is -0.207 e. The van der Waals surface area contributed by atoms with Crippen LogP contribution in [0.2, 0.25) is 6.32 Å². The van der Waals surface area contributed by atoms with E-state index in [9.17, 15) is 4.39 Å². The second-order valence-corrected chi connectivity index (χ2v) is 3.93. The van der Waals surface area contributed by atoms with Gasteiger partial charge in [0.1, 0.15) is 5.82 Å². The molecular formula is C14H14BF. The van der Waals surface area contributed by atoms with Crippen LogP contribution in [0.25, 0.3) is 0 Å². The molecule has 0 aromatic heterocycles. The SMILES string of the molecule is CCB(c1ccccc1)c1cccc(F)c1. The van der Waals surface area contributed by atoms with Gasteiger partial charge in [0.15, 0.2) is 0 Å². The third kappa shape index (κ3) is 2.33. The predicted octanol–water partition coefficient (Wildman–Crippen LogP) is 2.45. The fourth-order valence-corrected chi connectivity index (χ4v) is 2.07. The van der Waals surface area contributed by atoms with Gasteiger partial charge in [-0.2, -0.15) is 0 Å². The van der Waals surface area contributed by atoms with Crippen molar-refractivity contribution in [2.75, 3.05) is 0 Å². The highest BCUT2D eigenvalue weighted by Gasteiger charge is 2.16. The first-order valence-electron chi connectivity index (χ1n) is 5.61. The van der Waals surface area contributed by atoms with Crippen molar-refractivity contribution in [2.45, 2.75) is 13.2 Å². The lowest BCUT2D eigenvalue weighted by atomic mass is 9.39. The topological polar surface area (TPSA) is 0 Å². The zero-order valence-corrected chi connectivity index (χ0v) is 9.36. The first-order valence-corrected chi connectivity index (χ1v) is 5.61. The van der Waals surface area contributed by atoms with Crippen LogP contribution in [0.4, 0.5) is 4.39 Å². The average molecular weight is 212 g/mol. The van der Waals surface area contributed by atoms with E-state index in [1.165, 1.54) is 11.5 Å². The summed E-state index contributed by atoms with van der Waals surface area (Å²) in [6, 6.07) is 17.1. The number of hydrogen-bond acceptors (Lipinski definition) is 0. The highest BCUT2D eigenvalue weighted by atomic mass is 19.1. The molecule has 0 nitrogen and oxygen atoms in total. The van der Waals surface area contributed by atoms with Crippen LogP contribution in [-0.2, 0) is 0 Å². The van der Waals surface area contributed by atoms with Gasteiger partial charge in [0.2, 0.25) is 6.71 Å². The van der Waals surface area contributed by atoms with Crippen molar-refractivity contribution in [1.82, 2.24) is 0 Å². The van der Waals surface area contributed by atoms with Crippen molar-refractivity contribution < 1.29 is 4.39 Å². The van der Waals surface area contributed by atoms with Crippen molar-refractivity contribution in [2.24, 2.45) is 0 Å². The minimum atomic E-state index is -0.160. The first-order chi connectivity index (χ1) is 7.81. The summed E-state index contributed by atoms with van der Waals surface area (Å²) >= 11 is 0. The second kappa shape index (κ2) is 4.97. The number of hydrogen-bond donors (Lipinski definition) is 0. The molecule has 0 saturated carbocycles. The fourth-order valence-electron chi connectivity index (χ4n) is 2.07. The van der Waals surface area contributed by atoms with Crippen LogP contribution in [0, 0.1) is 5.82 Å². The van der Waals surface area contributed by atoms with Crippen LogP contribution in [0.3, 0.4) is 0 Å². The molecule has 80 valence electrons. The summed E-state index contributed by atoms with van der Waals surface area (Å²) in [6.07, 6.45) is 0.980. The van der Waals surface area contributed by atoms with Crippen molar-refractivity contribution in [3.63, 3.8) is 0 Å². The Morgan fingerprint density at radius 2 is 1.62 bits per heavy atom. The lowest BCUT2D eigenvalue weighted by molar-refractivity contribution is 0.629. The molecule has 0 amide bonds. The maximum absolute atomic E-state index is 13.2. The molecule has 0 aliphatic heterocycles. The molecule has 0 heterocycles. The van der Waals surface area contributed by atoms with Gasteiger partial charge in [-0.1, -0.05) is 66.6 Å². The summed E-state index contributed by atoms with van der Waals surface area (Å²) in [7, 11) is 0. The Labute approximate surface area is 96.2 Å². The van der Waals surface area contributed by atoms with Crippen LogP contribution >= 0.6 is 0 Å². The van der Waals surface area contributed by atoms with E-state index in [1.807, 2.05) is 24.3 Å². The van der Waals surface area contributed by atoms with Gasteiger partial charge in [-0.15, -0.1) is 0 Å². The molecule has 0 radical (unpaired) electrons. The van der Waals surface area contributed by atoms with Crippen molar-refractivity contribution in [3.05, 3.63) is 60.4 Å². The Hall–Kier alpha value is -1.57. The van der Waals surface area contributed by atoms with Gasteiger partial charge in [-0.3, -0.25) is 0 Å². The summed E-state index contributed by atoms with van der Waals surface area (Å²) < 4.78 is 13.2. The van der Waals surface area contributed by atoms with E-state index in [0.717, 1.165) is 11.8 Å². The van der Waals surface area contributed by atoms with E-state index >= 15 is 0 Å². The third-order valence-electron chi connectivity index (χ3n) is 2.86. The van der Waals surface area contributed by atoms with Gasteiger partial charge in [-0.25, -0.2) is 4.39 Å². The highest BCUT2D eigenvalue weighted by molar-refractivity contribution is 6.85. The van der Waals surface area contributed by atoms with Gasteiger partial charge in [-0.05, 0) is 12.1 Å². The quantitative estimate of drug-likeness (QED) is 0.685. The maximum Gasteiger partial charge on any atom is 0.209 e. The zero-order valence-electron chi connectivity index (χ0n) is 9.36. The van der Waals surface area contributed by atoms with E-state index in [0.29, 0.717) is 0 Å². The van der Waals surface area contributed by atoms with E-state index in [-0.39, 0.29) is 12.5 Å². The van der Waals surface area contributed by atoms with Crippen molar-refractivity contribution >= 4 is 17.6 Å². The highest BCUT2D eigenvalue weighted by Crippen LogP contribution is 1.99. The number of halogens is 1. The molecule has 0 fully saturated rings. The summed E-state index contributed by atoms with van der Waals surface area (Å²) in [5, 5.41) is 0. The normalized spacial score (nSPS) is 10.1. The number of benzene rings is 2. The molecule has 0 atom stereocenters. The van der Waals surface area contributed by atoms with Crippen LogP contribution in [-0.4, -0.2) is 6.71 Å². The molecule has 0 N–H and O–H groups in total. The monoisotopic (exact) mass is 212 g/mol. The second-order valence-electron chi connectivity index (χ2n) is 3.93. The lowest BCUT2D eigenvalue weighted by Gasteiger charge is -2.12. The molecule has 2 aromatic rings.